The van der Waals surface area contributed by atoms with Crippen LogP contribution >= 0.6 is 0 Å². The first-order chi connectivity index (χ1) is 54.9. The number of aromatic nitrogens is 1. The van der Waals surface area contributed by atoms with Crippen LogP contribution in [0.15, 0.2) is 65.7 Å². The zero-order valence-corrected chi connectivity index (χ0v) is 66.1. The summed E-state index contributed by atoms with van der Waals surface area (Å²) in [5, 5.41) is 58.3. The minimum atomic E-state index is -4.99. The van der Waals surface area contributed by atoms with Gasteiger partial charge in [0, 0.05) is 101 Å². The molecule has 634 valence electrons. The van der Waals surface area contributed by atoms with Crippen LogP contribution in [0.2, 0.25) is 0 Å². The molecule has 7 rings (SSSR count). The number of nitrogens with two attached hydrogens (primary N) is 1. The quantitative estimate of drug-likeness (QED) is 0.0232. The number of carboxylic acid groups (broad SMARTS) is 1. The number of aliphatic hydroxyl groups excluding tert-OH is 2. The van der Waals surface area contributed by atoms with Crippen LogP contribution in [-0.4, -0.2) is 282 Å². The van der Waals surface area contributed by atoms with E-state index in [2.05, 4.69) is 63.5 Å². The second-order valence-corrected chi connectivity index (χ2v) is 31.2. The van der Waals surface area contributed by atoms with Gasteiger partial charge in [-0.2, -0.15) is 0 Å². The van der Waals surface area contributed by atoms with E-state index in [0.29, 0.717) is 24.8 Å². The minimum absolute atomic E-state index is 0.0219. The van der Waals surface area contributed by atoms with Crippen LogP contribution in [0.25, 0.3) is 10.9 Å². The van der Waals surface area contributed by atoms with E-state index < -0.39 is 252 Å². The number of aliphatic carboxylic acids is 1. The zero-order valence-electron chi connectivity index (χ0n) is 65.3. The van der Waals surface area contributed by atoms with Crippen LogP contribution < -0.4 is 64.2 Å². The van der Waals surface area contributed by atoms with Crippen molar-refractivity contribution in [1.82, 2.24) is 77.8 Å². The van der Waals surface area contributed by atoms with Crippen molar-refractivity contribution in [2.75, 3.05) is 77.6 Å². The molecule has 3 aromatic rings. The van der Waals surface area contributed by atoms with Gasteiger partial charge < -0.3 is 109 Å². The highest BCUT2D eigenvalue weighted by atomic mass is 32.2. The first-order valence-electron chi connectivity index (χ1n) is 37.9. The lowest BCUT2D eigenvalue weighted by molar-refractivity contribution is -0.144. The predicted molar refractivity (Wildman–Crippen MR) is 409 cm³/mol. The summed E-state index contributed by atoms with van der Waals surface area (Å²) in [5.41, 5.74) is 5.89. The summed E-state index contributed by atoms with van der Waals surface area (Å²) in [6.45, 7) is 3.91. The Morgan fingerprint density at radius 2 is 1.37 bits per heavy atom. The molecule has 0 aliphatic carbocycles. The number of hydrogen-bond donors (Lipinski definition) is 16. The first-order valence-corrected chi connectivity index (χ1v) is 39.6. The number of aromatic amines is 1. The number of hydrogen-bond acceptors (Lipinski definition) is 23. The molecule has 0 radical (unpaired) electrons. The van der Waals surface area contributed by atoms with E-state index in [4.69, 9.17) is 15.2 Å². The number of imide groups is 1. The monoisotopic (exact) mass is 1650 g/mol. The Labute approximate surface area is 667 Å². The van der Waals surface area contributed by atoms with Gasteiger partial charge in [0.25, 0.3) is 11.8 Å². The van der Waals surface area contributed by atoms with E-state index in [0.717, 1.165) is 19.6 Å². The van der Waals surface area contributed by atoms with Crippen molar-refractivity contribution < 1.29 is 115 Å². The molecule has 0 saturated carbocycles. The van der Waals surface area contributed by atoms with Crippen LogP contribution in [0.5, 0.6) is 0 Å². The van der Waals surface area contributed by atoms with E-state index in [1.54, 1.807) is 27.7 Å². The molecule has 1 saturated heterocycles. The highest BCUT2D eigenvalue weighted by Gasteiger charge is 2.47. The molecule has 5 heterocycles. The number of sulfone groups is 1. The van der Waals surface area contributed by atoms with E-state index in [1.165, 1.54) is 81.7 Å². The molecule has 17 N–H and O–H groups in total. The number of carbonyl (C=O) groups excluding carboxylic acids is 16. The molecule has 1 fully saturated rings. The van der Waals surface area contributed by atoms with E-state index in [-0.39, 0.29) is 80.6 Å². The van der Waals surface area contributed by atoms with Crippen LogP contribution in [-0.2, 0) is 99.5 Å². The van der Waals surface area contributed by atoms with Crippen LogP contribution in [0.3, 0.4) is 0 Å². The highest BCUT2D eigenvalue weighted by Crippen LogP contribution is 2.30. The zero-order chi connectivity index (χ0) is 85.4. The maximum Gasteiger partial charge on any atom is 0.409 e. The fourth-order valence-corrected chi connectivity index (χ4v) is 14.8. The number of carbonyl (C=O) groups is 17. The van der Waals surface area contributed by atoms with Crippen molar-refractivity contribution in [2.24, 2.45) is 23.5 Å². The molecule has 0 spiro atoms. The minimum Gasteiger partial charge on any atom is -0.481 e. The Morgan fingerprint density at radius 1 is 0.716 bits per heavy atom. The van der Waals surface area contributed by atoms with Crippen molar-refractivity contribution in [1.29, 1.82) is 0 Å². The number of H-pyrrole nitrogens is 1. The fourth-order valence-electron chi connectivity index (χ4n) is 13.1. The number of nitrogens with zero attached hydrogens (tertiary/aromatic N) is 4. The number of nitrogens with one attached hydrogen (secondary N) is 12. The van der Waals surface area contributed by atoms with Crippen molar-refractivity contribution in [3.63, 3.8) is 0 Å². The third-order valence-electron chi connectivity index (χ3n) is 20.1. The summed E-state index contributed by atoms with van der Waals surface area (Å²) < 4.78 is 41.5. The van der Waals surface area contributed by atoms with Crippen LogP contribution in [0.1, 0.15) is 110 Å². The Bertz CT molecular complexity index is 4290. The largest absolute Gasteiger partial charge is 0.481 e. The van der Waals surface area contributed by atoms with E-state index in [9.17, 15) is 82.4 Å². The normalized spacial score (nSPS) is 21.6. The number of fused-ring (bicyclic) bond motifs is 5. The summed E-state index contributed by atoms with van der Waals surface area (Å²) in [5.74, 6) is -17.2. The highest BCUT2D eigenvalue weighted by molar-refractivity contribution is 7.91. The molecule has 1 unspecified atom stereocenters. The number of urea groups is 1. The van der Waals surface area contributed by atoms with Gasteiger partial charge in [0.1, 0.15) is 66.1 Å². The maximum absolute atomic E-state index is 15.2. The maximum atomic E-state index is 15.2. The van der Waals surface area contributed by atoms with Gasteiger partial charge >= 0.3 is 24.2 Å². The number of benzene rings is 2. The lowest BCUT2D eigenvalue weighted by atomic mass is 9.93. The molecule has 1 aromatic heterocycles. The fraction of sp³-hybridized carbons (Fsp3) is 0.554. The second kappa shape index (κ2) is 42.5. The molecule has 42 heteroatoms. The van der Waals surface area contributed by atoms with Crippen molar-refractivity contribution in [3.05, 3.63) is 71.8 Å². The van der Waals surface area contributed by atoms with Gasteiger partial charge in [-0.3, -0.25) is 72.0 Å². The van der Waals surface area contributed by atoms with Gasteiger partial charge in [-0.15, -0.1) is 0 Å². The Morgan fingerprint density at radius 3 is 2.02 bits per heavy atom. The molecule has 41 nitrogen and oxygen atoms in total. The van der Waals surface area contributed by atoms with E-state index >= 15 is 22.8 Å². The smallest absolute Gasteiger partial charge is 0.409 e. The molecule has 2 aromatic carbocycles. The summed E-state index contributed by atoms with van der Waals surface area (Å²) in [7, 11) is -2.36. The molecule has 17 amide bonds. The Hall–Kier alpha value is -11.8. The number of aliphatic hydroxyl groups is 2. The SMILES string of the molecule is CC[C@H](C)[C@H]1NC(=O)CNC(=O)[C@@H]2Cc3c([nH]c4ccccc34)S(=O)(=O)C[C@H](NC(=O)CNC1=O)C(=O)N[C@@H](CCC(=O)O)C(=O)N1C[C@@H](OC(=O)N(C)CCN(C)C(=O)OCc3ccc(NC(=O)[C@H](CCCNC(N)=O)NC(=O)[C@@H](NC(=O)CCCCCN4C(=O)C=CC4=O)C(C)C)cc3)CC1C(=O)N[C@H]([C@@H](C)[C@@H](O)CO)C(=O)N2. The van der Waals surface area contributed by atoms with Crippen LogP contribution in [0, 0.1) is 17.8 Å². The topological polar surface area (TPSA) is 591 Å². The number of primary amides is 1. The average molecular weight is 1650 g/mol. The standard InChI is InChI=1S/C74H103N17O24S/c1-8-40(4)61-67(105)78-33-55(95)80-51-38-116(112,113)70-46(45-15-11-12-16-47(45)84-70)32-50(63(101)77-34-56(96)86-61)83-69(107)62(41(5)53(93)36-92)87-66(104)52-31-44(35-91(52)71(108)49(82-65(51)103)23-26-59(99)100)115-74(111)89(7)30-29-88(6)73(110)114-37-42-19-21-43(22-20-42)79-64(102)48(17-14-27-76-72(75)109)81-68(106)60(39(2)3)85-54(94)18-10-9-13-28-90-57(97)24-25-58(90)98/h11-12,15-16,19-22,24-25,39-41,44,48-53,60-62,84,92-93H,8-10,13-14,17-18,23,26-38H2,1-7H3,(H,77,101)(H,78,105)(H,79,102)(H,80,95)(H,81,106)(H,82,103)(H,83,107)(H,85,94)(H,86,96)(H,87,104)(H,99,100)(H3,75,76,109)/t40-,41-,44-,48-,49-,50-,51-,52?,53-,60-,61+,62+/m0/s1. The summed E-state index contributed by atoms with van der Waals surface area (Å²) in [6.07, 6.45) is -3.93. The molecular formula is C74H103N17O24S. The summed E-state index contributed by atoms with van der Waals surface area (Å²) in [4.78, 5) is 238. The number of para-hydroxylation sites is 1. The van der Waals surface area contributed by atoms with Crippen molar-refractivity contribution in [3.8, 4) is 0 Å². The Balaban J connectivity index is 1.06. The molecular weight excluding hydrogens is 1540 g/mol. The number of anilines is 1. The number of carboxylic acids is 1. The number of unbranched alkanes of at least 4 members (excludes halogenated alkanes) is 2. The number of rotatable bonds is 30. The number of ether oxygens (including phenoxy) is 2. The second-order valence-electron chi connectivity index (χ2n) is 29.2. The van der Waals surface area contributed by atoms with Crippen molar-refractivity contribution in [2.45, 2.75) is 177 Å². The third-order valence-corrected chi connectivity index (χ3v) is 21.9. The summed E-state index contributed by atoms with van der Waals surface area (Å²) in [6, 6.07) is -2.31. The van der Waals surface area contributed by atoms with Crippen LogP contribution in [0.4, 0.5) is 20.1 Å². The molecule has 4 aliphatic heterocycles. The van der Waals surface area contributed by atoms with E-state index in [1.807, 2.05) is 0 Å². The van der Waals surface area contributed by atoms with Gasteiger partial charge in [0.05, 0.1) is 38.1 Å². The number of likely N-dealkylation sites (N-methyl/N-ethyl adjacent to an activating group) is 2. The molecule has 12 atom stereocenters. The van der Waals surface area contributed by atoms with Gasteiger partial charge in [-0.1, -0.05) is 77.8 Å². The first kappa shape index (κ1) is 91.4. The van der Waals surface area contributed by atoms with Gasteiger partial charge in [-0.25, -0.2) is 22.8 Å². The van der Waals surface area contributed by atoms with Gasteiger partial charge in [0.2, 0.25) is 65.0 Å². The average Bonchev–Trinajstić information content (AvgIpc) is 1.60. The van der Waals surface area contributed by atoms with Crippen molar-refractivity contribution >= 4 is 127 Å². The third kappa shape index (κ3) is 25.8. The molecule has 4 aliphatic rings. The lowest BCUT2D eigenvalue weighted by Gasteiger charge is -2.33. The Kier molecular flexibility index (Phi) is 33.5. The predicted octanol–water partition coefficient (Wildman–Crippen LogP) is -3.13. The number of amides is 17. The molecule has 116 heavy (non-hydrogen) atoms. The van der Waals surface area contributed by atoms with Gasteiger partial charge in [0.15, 0.2) is 9.84 Å². The molecule has 2 bridgehead atoms. The lowest BCUT2D eigenvalue weighted by Crippen LogP contribution is -2.62. The summed E-state index contributed by atoms with van der Waals surface area (Å²) >= 11 is 0. The van der Waals surface area contributed by atoms with Gasteiger partial charge in [-0.05, 0) is 73.3 Å².